The highest BCUT2D eigenvalue weighted by Gasteiger charge is 2.15. The fourth-order valence-corrected chi connectivity index (χ4v) is 3.31. The van der Waals surface area contributed by atoms with Crippen molar-refractivity contribution in [3.8, 4) is 0 Å². The van der Waals surface area contributed by atoms with Gasteiger partial charge in [0.05, 0.1) is 6.61 Å². The minimum atomic E-state index is -2.88. The van der Waals surface area contributed by atoms with Crippen molar-refractivity contribution in [1.82, 2.24) is 0 Å². The van der Waals surface area contributed by atoms with Crippen LogP contribution in [0.3, 0.4) is 0 Å². The molecule has 0 rings (SSSR count). The van der Waals surface area contributed by atoms with Gasteiger partial charge in [-0.2, -0.15) is 0 Å². The van der Waals surface area contributed by atoms with Crippen molar-refractivity contribution < 1.29 is 19.0 Å². The first kappa shape index (κ1) is 17.4. The Morgan fingerprint density at radius 3 is 2.44 bits per heavy atom. The van der Waals surface area contributed by atoms with Crippen LogP contribution < -0.4 is 0 Å². The number of esters is 1. The number of rotatable bonds is 11. The van der Waals surface area contributed by atoms with Crippen LogP contribution in [0.25, 0.3) is 0 Å². The van der Waals surface area contributed by atoms with Gasteiger partial charge in [-0.1, -0.05) is 32.8 Å². The number of ether oxygens (including phenoxy) is 1. The van der Waals surface area contributed by atoms with E-state index in [0.717, 1.165) is 44.6 Å². The van der Waals surface area contributed by atoms with E-state index in [-0.39, 0.29) is 0 Å². The molecule has 0 aliphatic carbocycles. The van der Waals surface area contributed by atoms with Gasteiger partial charge in [0.1, 0.15) is 0 Å². The Morgan fingerprint density at radius 2 is 1.83 bits per heavy atom. The summed E-state index contributed by atoms with van der Waals surface area (Å²) >= 11 is 0. The van der Waals surface area contributed by atoms with E-state index in [0.29, 0.717) is 18.9 Å². The highest BCUT2D eigenvalue weighted by molar-refractivity contribution is 7.57. The number of carbonyl (C=O) groups is 1. The molecule has 0 radical (unpaired) electrons. The SMILES string of the molecule is C=CC(=O)OCCCCCCP(=O)(O)CCCC. The van der Waals surface area contributed by atoms with Crippen molar-refractivity contribution in [3.63, 3.8) is 0 Å². The second-order valence-electron chi connectivity index (χ2n) is 4.43. The minimum Gasteiger partial charge on any atom is -0.463 e. The molecule has 0 aromatic carbocycles. The van der Waals surface area contributed by atoms with Crippen LogP contribution in [0.2, 0.25) is 0 Å². The molecule has 0 aromatic heterocycles. The summed E-state index contributed by atoms with van der Waals surface area (Å²) in [7, 11) is -2.88. The van der Waals surface area contributed by atoms with Crippen LogP contribution in [-0.4, -0.2) is 29.8 Å². The zero-order chi connectivity index (χ0) is 13.9. The molecule has 1 atom stereocenters. The Hall–Kier alpha value is -0.600. The van der Waals surface area contributed by atoms with Crippen LogP contribution in [0.5, 0.6) is 0 Å². The van der Waals surface area contributed by atoms with Crippen molar-refractivity contribution in [2.75, 3.05) is 18.9 Å². The Morgan fingerprint density at radius 1 is 1.22 bits per heavy atom. The quantitative estimate of drug-likeness (QED) is 0.272. The summed E-state index contributed by atoms with van der Waals surface area (Å²) in [5.41, 5.74) is 0. The standard InChI is InChI=1S/C13H25O4P/c1-3-5-11-18(15,16)12-9-7-6-8-10-17-13(14)4-2/h4H,2-3,5-12H2,1H3,(H,15,16). The summed E-state index contributed by atoms with van der Waals surface area (Å²) in [5, 5.41) is 0. The predicted molar refractivity (Wildman–Crippen MR) is 74.1 cm³/mol. The monoisotopic (exact) mass is 276 g/mol. The normalized spacial score (nSPS) is 13.9. The molecule has 5 heteroatoms. The molecule has 0 aromatic rings. The van der Waals surface area contributed by atoms with Crippen molar-refractivity contribution >= 4 is 13.3 Å². The smallest absolute Gasteiger partial charge is 0.330 e. The van der Waals surface area contributed by atoms with Crippen LogP contribution >= 0.6 is 7.37 Å². The predicted octanol–water partition coefficient (Wildman–Crippen LogP) is 3.35. The zero-order valence-corrected chi connectivity index (χ0v) is 12.2. The molecule has 18 heavy (non-hydrogen) atoms. The molecule has 0 aliphatic heterocycles. The van der Waals surface area contributed by atoms with E-state index >= 15 is 0 Å². The summed E-state index contributed by atoms with van der Waals surface area (Å²) < 4.78 is 16.5. The third-order valence-corrected chi connectivity index (χ3v) is 4.70. The highest BCUT2D eigenvalue weighted by Crippen LogP contribution is 2.42. The average molecular weight is 276 g/mol. The van der Waals surface area contributed by atoms with Gasteiger partial charge in [-0.15, -0.1) is 0 Å². The molecule has 0 amide bonds. The van der Waals surface area contributed by atoms with Gasteiger partial charge in [0.15, 0.2) is 0 Å². The van der Waals surface area contributed by atoms with Crippen LogP contribution in [-0.2, 0) is 14.1 Å². The molecular formula is C13H25O4P. The number of unbranched alkanes of at least 4 members (excludes halogenated alkanes) is 4. The van der Waals surface area contributed by atoms with Gasteiger partial charge in [-0.05, 0) is 19.3 Å². The molecule has 0 aliphatic rings. The Bertz CT molecular complexity index is 289. The minimum absolute atomic E-state index is 0.394. The first-order valence-electron chi connectivity index (χ1n) is 6.62. The van der Waals surface area contributed by atoms with E-state index in [1.165, 1.54) is 0 Å². The van der Waals surface area contributed by atoms with E-state index in [2.05, 4.69) is 6.58 Å². The summed E-state index contributed by atoms with van der Waals surface area (Å²) in [6, 6.07) is 0. The first-order chi connectivity index (χ1) is 8.52. The van der Waals surface area contributed by atoms with Gasteiger partial charge in [-0.25, -0.2) is 4.79 Å². The van der Waals surface area contributed by atoms with Crippen LogP contribution in [0.4, 0.5) is 0 Å². The number of carbonyl (C=O) groups excluding carboxylic acids is 1. The topological polar surface area (TPSA) is 63.6 Å². The summed E-state index contributed by atoms with van der Waals surface area (Å²) in [5.74, 6) is -0.394. The molecule has 0 heterocycles. The lowest BCUT2D eigenvalue weighted by Crippen LogP contribution is -2.01. The molecule has 0 spiro atoms. The van der Waals surface area contributed by atoms with Crippen molar-refractivity contribution in [3.05, 3.63) is 12.7 Å². The number of hydrogen-bond acceptors (Lipinski definition) is 3. The molecule has 0 bridgehead atoms. The Labute approximate surface area is 110 Å². The van der Waals surface area contributed by atoms with Crippen LogP contribution in [0.15, 0.2) is 12.7 Å². The zero-order valence-electron chi connectivity index (χ0n) is 11.3. The molecule has 1 unspecified atom stereocenters. The molecule has 0 saturated heterocycles. The fourth-order valence-electron chi connectivity index (χ4n) is 1.56. The van der Waals surface area contributed by atoms with Crippen molar-refractivity contribution in [2.24, 2.45) is 0 Å². The van der Waals surface area contributed by atoms with Gasteiger partial charge in [0.2, 0.25) is 7.37 Å². The van der Waals surface area contributed by atoms with E-state index in [9.17, 15) is 14.3 Å². The molecule has 0 saturated carbocycles. The lowest BCUT2D eigenvalue weighted by Gasteiger charge is -2.10. The molecule has 4 nitrogen and oxygen atoms in total. The maximum Gasteiger partial charge on any atom is 0.330 e. The third-order valence-electron chi connectivity index (χ3n) is 2.67. The van der Waals surface area contributed by atoms with Gasteiger partial charge in [0, 0.05) is 18.4 Å². The average Bonchev–Trinajstić information content (AvgIpc) is 2.34. The van der Waals surface area contributed by atoms with Gasteiger partial charge < -0.3 is 9.63 Å². The molecule has 1 N–H and O–H groups in total. The van der Waals surface area contributed by atoms with Gasteiger partial charge >= 0.3 is 5.97 Å². The van der Waals surface area contributed by atoms with Crippen LogP contribution in [0, 0.1) is 0 Å². The van der Waals surface area contributed by atoms with Crippen molar-refractivity contribution in [2.45, 2.75) is 45.4 Å². The fraction of sp³-hybridized carbons (Fsp3) is 0.769. The summed E-state index contributed by atoms with van der Waals surface area (Å²) in [6.07, 6.45) is 7.18. The van der Waals surface area contributed by atoms with Gasteiger partial charge in [-0.3, -0.25) is 4.57 Å². The molecule has 0 fully saturated rings. The maximum absolute atomic E-state index is 11.7. The Balaban J connectivity index is 3.42. The van der Waals surface area contributed by atoms with E-state index < -0.39 is 13.3 Å². The van der Waals surface area contributed by atoms with Crippen LogP contribution in [0.1, 0.15) is 45.4 Å². The number of hydrogen-bond donors (Lipinski definition) is 1. The highest BCUT2D eigenvalue weighted by atomic mass is 31.2. The van der Waals surface area contributed by atoms with Crippen molar-refractivity contribution in [1.29, 1.82) is 0 Å². The molecule has 106 valence electrons. The molecular weight excluding hydrogens is 251 g/mol. The van der Waals surface area contributed by atoms with E-state index in [1.807, 2.05) is 6.92 Å². The Kier molecular flexibility index (Phi) is 9.99. The maximum atomic E-state index is 11.7. The second-order valence-corrected chi connectivity index (χ2v) is 7.02. The first-order valence-corrected chi connectivity index (χ1v) is 8.65. The largest absolute Gasteiger partial charge is 0.463 e. The van der Waals surface area contributed by atoms with E-state index in [1.54, 1.807) is 0 Å². The van der Waals surface area contributed by atoms with Gasteiger partial charge in [0.25, 0.3) is 0 Å². The summed E-state index contributed by atoms with van der Waals surface area (Å²) in [6.45, 7) is 5.73. The second kappa shape index (κ2) is 10.3. The lowest BCUT2D eigenvalue weighted by molar-refractivity contribution is -0.137. The summed E-state index contributed by atoms with van der Waals surface area (Å²) in [4.78, 5) is 20.4. The third kappa shape index (κ3) is 10.5. The lowest BCUT2D eigenvalue weighted by atomic mass is 10.2. The van der Waals surface area contributed by atoms with E-state index in [4.69, 9.17) is 4.74 Å².